The molecule has 1 amide bonds. The van der Waals surface area contributed by atoms with Crippen molar-refractivity contribution in [1.82, 2.24) is 19.2 Å². The summed E-state index contributed by atoms with van der Waals surface area (Å²) in [7, 11) is 1.49. The van der Waals surface area contributed by atoms with Crippen LogP contribution < -0.4 is 15.7 Å². The van der Waals surface area contributed by atoms with Gasteiger partial charge in [-0.2, -0.15) is 0 Å². The van der Waals surface area contributed by atoms with Gasteiger partial charge in [-0.05, 0) is 30.3 Å². The van der Waals surface area contributed by atoms with Crippen LogP contribution in [-0.2, 0) is 11.3 Å². The predicted molar refractivity (Wildman–Crippen MR) is 96.3 cm³/mol. The summed E-state index contributed by atoms with van der Waals surface area (Å²) >= 11 is 0. The summed E-state index contributed by atoms with van der Waals surface area (Å²) in [5.74, 6) is -0.416. The van der Waals surface area contributed by atoms with E-state index in [1.165, 1.54) is 36.0 Å². The third-order valence-electron chi connectivity index (χ3n) is 4.06. The first kappa shape index (κ1) is 16.7. The Kier molecular flexibility index (Phi) is 4.03. The van der Waals surface area contributed by atoms with E-state index < -0.39 is 17.4 Å². The van der Waals surface area contributed by atoms with Crippen LogP contribution in [0.15, 0.2) is 53.6 Å². The molecule has 0 aliphatic carbocycles. The number of halogens is 1. The first-order valence-electron chi connectivity index (χ1n) is 8.03. The summed E-state index contributed by atoms with van der Waals surface area (Å²) in [4.78, 5) is 29.0. The lowest BCUT2D eigenvalue weighted by Crippen LogP contribution is -2.28. The number of methoxy groups -OCH3 is 1. The minimum Gasteiger partial charge on any atom is -0.495 e. The molecule has 2 heterocycles. The van der Waals surface area contributed by atoms with Gasteiger partial charge >= 0.3 is 5.69 Å². The maximum Gasteiger partial charge on any atom is 0.352 e. The Labute approximate surface area is 151 Å². The number of fused-ring (bicyclic) bond motifs is 3. The highest BCUT2D eigenvalue weighted by Gasteiger charge is 2.15. The summed E-state index contributed by atoms with van der Waals surface area (Å²) in [6, 6.07) is 11.0. The number of aromatic nitrogens is 4. The smallest absolute Gasteiger partial charge is 0.352 e. The Hall–Kier alpha value is -3.75. The van der Waals surface area contributed by atoms with E-state index in [1.807, 2.05) is 0 Å². The number of carbonyl (C=O) groups excluding carboxylic acids is 1. The number of anilines is 1. The number of benzene rings is 2. The van der Waals surface area contributed by atoms with E-state index in [0.29, 0.717) is 22.3 Å². The molecule has 0 spiro atoms. The molecule has 4 aromatic rings. The lowest BCUT2D eigenvalue weighted by atomic mass is 10.2. The number of carbonyl (C=O) groups is 1. The first-order valence-corrected chi connectivity index (χ1v) is 8.03. The van der Waals surface area contributed by atoms with Crippen molar-refractivity contribution in [2.24, 2.45) is 0 Å². The summed E-state index contributed by atoms with van der Waals surface area (Å²) in [5.41, 5.74) is 0.670. The first-order chi connectivity index (χ1) is 13.1. The van der Waals surface area contributed by atoms with Crippen molar-refractivity contribution >= 4 is 28.1 Å². The van der Waals surface area contributed by atoms with E-state index in [-0.39, 0.29) is 12.2 Å². The Morgan fingerprint density at radius 2 is 2.07 bits per heavy atom. The number of para-hydroxylation sites is 2. The van der Waals surface area contributed by atoms with Crippen molar-refractivity contribution < 1.29 is 13.9 Å². The van der Waals surface area contributed by atoms with Crippen LogP contribution in [0, 0.1) is 5.82 Å². The Morgan fingerprint density at radius 1 is 1.26 bits per heavy atom. The molecule has 0 saturated heterocycles. The summed E-state index contributed by atoms with van der Waals surface area (Å²) < 4.78 is 20.9. The fourth-order valence-corrected chi connectivity index (χ4v) is 2.80. The number of hydrogen-bond acceptors (Lipinski definition) is 5. The van der Waals surface area contributed by atoms with Gasteiger partial charge in [-0.3, -0.25) is 4.79 Å². The fraction of sp³-hybridized carbons (Fsp3) is 0.111. The molecule has 0 unspecified atom stereocenters. The minimum atomic E-state index is -0.543. The minimum absolute atomic E-state index is 0.231. The zero-order valence-electron chi connectivity index (χ0n) is 14.2. The highest BCUT2D eigenvalue weighted by atomic mass is 19.1. The van der Waals surface area contributed by atoms with Gasteiger partial charge in [0.05, 0.1) is 18.3 Å². The lowest BCUT2D eigenvalue weighted by molar-refractivity contribution is -0.117. The molecule has 0 fully saturated rings. The highest BCUT2D eigenvalue weighted by Crippen LogP contribution is 2.23. The largest absolute Gasteiger partial charge is 0.495 e. The van der Waals surface area contributed by atoms with Gasteiger partial charge in [-0.25, -0.2) is 23.3 Å². The average Bonchev–Trinajstić information content (AvgIpc) is 2.98. The number of hydrogen-bond donors (Lipinski definition) is 1. The molecule has 0 atom stereocenters. The molecule has 1 N–H and O–H groups in total. The molecule has 2 aromatic carbocycles. The van der Waals surface area contributed by atoms with E-state index in [0.717, 1.165) is 4.68 Å². The van der Waals surface area contributed by atoms with Crippen molar-refractivity contribution in [2.45, 2.75) is 6.54 Å². The van der Waals surface area contributed by atoms with Crippen LogP contribution in [0.4, 0.5) is 10.1 Å². The van der Waals surface area contributed by atoms with Gasteiger partial charge in [0, 0.05) is 5.39 Å². The highest BCUT2D eigenvalue weighted by molar-refractivity contribution is 5.93. The standard InChI is InChI=1S/C18H14FN5O3/c1-27-15-5-3-2-4-14(15)21-16(25)9-24-18(26)23-10-20-13-7-6-11(19)8-12(13)17(23)22-24/h2-8,10H,9H2,1H3,(H,21,25). The second kappa shape index (κ2) is 6.52. The number of nitrogens with one attached hydrogen (secondary N) is 1. The number of rotatable bonds is 4. The molecule has 8 nitrogen and oxygen atoms in total. The van der Waals surface area contributed by atoms with Gasteiger partial charge in [0.2, 0.25) is 5.91 Å². The van der Waals surface area contributed by atoms with Crippen LogP contribution in [0.1, 0.15) is 0 Å². The predicted octanol–water partition coefficient (Wildman–Crippen LogP) is 1.83. The van der Waals surface area contributed by atoms with Gasteiger partial charge in [0.1, 0.15) is 24.4 Å². The van der Waals surface area contributed by atoms with E-state index in [4.69, 9.17) is 4.74 Å². The van der Waals surface area contributed by atoms with E-state index in [2.05, 4.69) is 15.4 Å². The summed E-state index contributed by atoms with van der Waals surface area (Å²) in [5, 5.41) is 7.24. The molecule has 0 saturated carbocycles. The van der Waals surface area contributed by atoms with Gasteiger partial charge < -0.3 is 10.1 Å². The zero-order valence-corrected chi connectivity index (χ0v) is 14.2. The third-order valence-corrected chi connectivity index (χ3v) is 4.06. The molecule has 9 heteroatoms. The molecule has 0 aliphatic heterocycles. The Bertz CT molecular complexity index is 1230. The fourth-order valence-electron chi connectivity index (χ4n) is 2.80. The molecule has 27 heavy (non-hydrogen) atoms. The van der Waals surface area contributed by atoms with Crippen molar-refractivity contribution in [1.29, 1.82) is 0 Å². The van der Waals surface area contributed by atoms with E-state index in [9.17, 15) is 14.0 Å². The van der Waals surface area contributed by atoms with E-state index in [1.54, 1.807) is 24.3 Å². The molecule has 2 aromatic heterocycles. The molecule has 4 rings (SSSR count). The molecule has 0 aliphatic rings. The normalized spacial score (nSPS) is 11.0. The van der Waals surface area contributed by atoms with Crippen LogP contribution >= 0.6 is 0 Å². The zero-order chi connectivity index (χ0) is 19.0. The van der Waals surface area contributed by atoms with Gasteiger partial charge in [-0.1, -0.05) is 12.1 Å². The monoisotopic (exact) mass is 367 g/mol. The van der Waals surface area contributed by atoms with Crippen molar-refractivity contribution in [3.05, 3.63) is 65.1 Å². The second-order valence-electron chi connectivity index (χ2n) is 5.79. The number of amides is 1. The van der Waals surface area contributed by atoms with E-state index >= 15 is 0 Å². The van der Waals surface area contributed by atoms with Crippen molar-refractivity contribution in [3.63, 3.8) is 0 Å². The van der Waals surface area contributed by atoms with Crippen LogP contribution in [0.5, 0.6) is 5.75 Å². The molecule has 0 bridgehead atoms. The van der Waals surface area contributed by atoms with Crippen LogP contribution in [0.25, 0.3) is 16.6 Å². The van der Waals surface area contributed by atoms with Gasteiger partial charge in [-0.15, -0.1) is 5.10 Å². The van der Waals surface area contributed by atoms with Crippen molar-refractivity contribution in [3.8, 4) is 5.75 Å². The second-order valence-corrected chi connectivity index (χ2v) is 5.79. The molecular weight excluding hydrogens is 353 g/mol. The van der Waals surface area contributed by atoms with Crippen molar-refractivity contribution in [2.75, 3.05) is 12.4 Å². The molecule has 0 radical (unpaired) electrons. The average molecular weight is 367 g/mol. The van der Waals surface area contributed by atoms with Gasteiger partial charge in [0.25, 0.3) is 0 Å². The summed E-state index contributed by atoms with van der Waals surface area (Å²) in [6.45, 7) is -0.310. The Morgan fingerprint density at radius 3 is 2.89 bits per heavy atom. The third kappa shape index (κ3) is 2.99. The van der Waals surface area contributed by atoms with Gasteiger partial charge in [0.15, 0.2) is 5.65 Å². The number of nitrogens with zero attached hydrogens (tertiary/aromatic N) is 4. The lowest BCUT2D eigenvalue weighted by Gasteiger charge is -2.09. The SMILES string of the molecule is COc1ccccc1NC(=O)Cn1nc2c3cc(F)ccc3ncn2c1=O. The van der Waals surface area contributed by atoms with Crippen LogP contribution in [0.3, 0.4) is 0 Å². The topological polar surface area (TPSA) is 90.5 Å². The summed E-state index contributed by atoms with van der Waals surface area (Å²) in [6.07, 6.45) is 1.31. The maximum absolute atomic E-state index is 13.6. The molecule has 136 valence electrons. The quantitative estimate of drug-likeness (QED) is 0.594. The number of ether oxygens (including phenoxy) is 1. The Balaban J connectivity index is 1.69. The molecular formula is C18H14FN5O3. The van der Waals surface area contributed by atoms with Crippen LogP contribution in [0.2, 0.25) is 0 Å². The maximum atomic E-state index is 13.6. The van der Waals surface area contributed by atoms with Crippen LogP contribution in [-0.4, -0.2) is 32.2 Å².